The smallest absolute Gasteiger partial charge is 0.241 e. The summed E-state index contributed by atoms with van der Waals surface area (Å²) in [6, 6.07) is 3.84. The lowest BCUT2D eigenvalue weighted by Gasteiger charge is -2.15. The number of methoxy groups -OCH3 is 1. The molecule has 0 saturated carbocycles. The zero-order valence-corrected chi connectivity index (χ0v) is 11.2. The van der Waals surface area contributed by atoms with Crippen LogP contribution in [0.15, 0.2) is 12.1 Å². The summed E-state index contributed by atoms with van der Waals surface area (Å²) in [7, 11) is 1.62. The molecule has 0 radical (unpaired) electrons. The minimum atomic E-state index is -0.0729. The minimum Gasteiger partial charge on any atom is -0.495 e. The SMILES string of the molecule is COc1cc(C)c(C)cc1NC(=O)C1CCCN1. The summed E-state index contributed by atoms with van der Waals surface area (Å²) >= 11 is 0. The number of ether oxygens (including phenoxy) is 1. The Morgan fingerprint density at radius 1 is 1.39 bits per heavy atom. The molecule has 4 nitrogen and oxygen atoms in total. The van der Waals surface area contributed by atoms with Gasteiger partial charge < -0.3 is 15.4 Å². The molecule has 18 heavy (non-hydrogen) atoms. The van der Waals surface area contributed by atoms with Crippen molar-refractivity contribution in [3.63, 3.8) is 0 Å². The van der Waals surface area contributed by atoms with Crippen molar-refractivity contribution in [1.29, 1.82) is 0 Å². The summed E-state index contributed by atoms with van der Waals surface area (Å²) < 4.78 is 5.31. The lowest BCUT2D eigenvalue weighted by atomic mass is 10.1. The van der Waals surface area contributed by atoms with E-state index in [0.29, 0.717) is 5.75 Å². The van der Waals surface area contributed by atoms with Gasteiger partial charge in [0.1, 0.15) is 5.75 Å². The predicted molar refractivity (Wildman–Crippen MR) is 72.1 cm³/mol. The predicted octanol–water partition coefficient (Wildman–Crippen LogP) is 2.00. The van der Waals surface area contributed by atoms with E-state index >= 15 is 0 Å². The Kier molecular flexibility index (Phi) is 3.87. The van der Waals surface area contributed by atoms with E-state index < -0.39 is 0 Å². The second-order valence-electron chi connectivity index (χ2n) is 4.77. The largest absolute Gasteiger partial charge is 0.495 e. The first-order valence-corrected chi connectivity index (χ1v) is 6.31. The third-order valence-corrected chi connectivity index (χ3v) is 3.45. The average Bonchev–Trinajstić information content (AvgIpc) is 2.87. The Labute approximate surface area is 108 Å². The van der Waals surface area contributed by atoms with Gasteiger partial charge in [0.05, 0.1) is 18.8 Å². The summed E-state index contributed by atoms with van der Waals surface area (Å²) in [6.45, 7) is 4.97. The summed E-state index contributed by atoms with van der Waals surface area (Å²) in [5.74, 6) is 0.735. The molecule has 0 aromatic heterocycles. The number of benzene rings is 1. The lowest BCUT2D eigenvalue weighted by molar-refractivity contribution is -0.117. The molecule has 2 N–H and O–H groups in total. The van der Waals surface area contributed by atoms with Crippen molar-refractivity contribution in [3.8, 4) is 5.75 Å². The molecule has 1 amide bonds. The van der Waals surface area contributed by atoms with E-state index in [1.807, 2.05) is 26.0 Å². The Morgan fingerprint density at radius 3 is 2.72 bits per heavy atom. The third kappa shape index (κ3) is 2.64. The molecule has 4 heteroatoms. The van der Waals surface area contributed by atoms with Crippen LogP contribution in [-0.4, -0.2) is 25.6 Å². The molecule has 1 heterocycles. The highest BCUT2D eigenvalue weighted by atomic mass is 16.5. The first-order valence-electron chi connectivity index (χ1n) is 6.31. The number of aryl methyl sites for hydroxylation is 2. The van der Waals surface area contributed by atoms with E-state index in [1.54, 1.807) is 7.11 Å². The quantitative estimate of drug-likeness (QED) is 0.860. The van der Waals surface area contributed by atoms with E-state index in [2.05, 4.69) is 10.6 Å². The van der Waals surface area contributed by atoms with Crippen molar-refractivity contribution in [2.24, 2.45) is 0 Å². The van der Waals surface area contributed by atoms with Crippen LogP contribution < -0.4 is 15.4 Å². The van der Waals surface area contributed by atoms with Crippen LogP contribution in [0.5, 0.6) is 5.75 Å². The average molecular weight is 248 g/mol. The minimum absolute atomic E-state index is 0.0223. The zero-order chi connectivity index (χ0) is 13.1. The fourth-order valence-electron chi connectivity index (χ4n) is 2.18. The highest BCUT2D eigenvalue weighted by Crippen LogP contribution is 2.28. The van der Waals surface area contributed by atoms with Crippen LogP contribution in [0.1, 0.15) is 24.0 Å². The number of carbonyl (C=O) groups excluding carboxylic acids is 1. The van der Waals surface area contributed by atoms with Gasteiger partial charge >= 0.3 is 0 Å². The highest BCUT2D eigenvalue weighted by molar-refractivity contribution is 5.96. The highest BCUT2D eigenvalue weighted by Gasteiger charge is 2.22. The molecular weight excluding hydrogens is 228 g/mol. The van der Waals surface area contributed by atoms with Crippen molar-refractivity contribution >= 4 is 11.6 Å². The topological polar surface area (TPSA) is 50.4 Å². The number of carbonyl (C=O) groups is 1. The molecule has 1 aromatic rings. The van der Waals surface area contributed by atoms with Crippen molar-refractivity contribution in [2.45, 2.75) is 32.7 Å². The molecule has 2 rings (SSSR count). The maximum atomic E-state index is 12.0. The molecule has 1 aliphatic rings. The summed E-state index contributed by atoms with van der Waals surface area (Å²) in [6.07, 6.45) is 1.96. The number of rotatable bonds is 3. The fraction of sp³-hybridized carbons (Fsp3) is 0.500. The second-order valence-corrected chi connectivity index (χ2v) is 4.77. The molecule has 0 spiro atoms. The van der Waals surface area contributed by atoms with Crippen LogP contribution in [0, 0.1) is 13.8 Å². The molecule has 1 unspecified atom stereocenters. The van der Waals surface area contributed by atoms with Crippen LogP contribution >= 0.6 is 0 Å². The lowest BCUT2D eigenvalue weighted by Crippen LogP contribution is -2.35. The Hall–Kier alpha value is -1.55. The normalized spacial score (nSPS) is 18.7. The Balaban J connectivity index is 2.17. The molecule has 1 aliphatic heterocycles. The van der Waals surface area contributed by atoms with Crippen LogP contribution in [0.25, 0.3) is 0 Å². The van der Waals surface area contributed by atoms with Gasteiger partial charge in [-0.2, -0.15) is 0 Å². The molecule has 1 fully saturated rings. The van der Waals surface area contributed by atoms with Gasteiger partial charge in [0.15, 0.2) is 0 Å². The van der Waals surface area contributed by atoms with Crippen LogP contribution in [-0.2, 0) is 4.79 Å². The van der Waals surface area contributed by atoms with Crippen LogP contribution in [0.2, 0.25) is 0 Å². The van der Waals surface area contributed by atoms with E-state index in [9.17, 15) is 4.79 Å². The van der Waals surface area contributed by atoms with Gasteiger partial charge in [0.25, 0.3) is 0 Å². The number of hydrogen-bond acceptors (Lipinski definition) is 3. The second kappa shape index (κ2) is 5.40. The molecule has 0 aliphatic carbocycles. The Bertz CT molecular complexity index is 451. The maximum absolute atomic E-state index is 12.0. The van der Waals surface area contributed by atoms with E-state index in [-0.39, 0.29) is 11.9 Å². The zero-order valence-electron chi connectivity index (χ0n) is 11.2. The fourth-order valence-corrected chi connectivity index (χ4v) is 2.18. The molecule has 1 aromatic carbocycles. The van der Waals surface area contributed by atoms with Crippen LogP contribution in [0.3, 0.4) is 0 Å². The molecule has 1 atom stereocenters. The third-order valence-electron chi connectivity index (χ3n) is 3.45. The van der Waals surface area contributed by atoms with Gasteiger partial charge in [-0.05, 0) is 56.5 Å². The Morgan fingerprint density at radius 2 is 2.11 bits per heavy atom. The molecule has 98 valence electrons. The van der Waals surface area contributed by atoms with E-state index in [4.69, 9.17) is 4.74 Å². The van der Waals surface area contributed by atoms with Gasteiger partial charge in [0, 0.05) is 0 Å². The van der Waals surface area contributed by atoms with Gasteiger partial charge in [0.2, 0.25) is 5.91 Å². The van der Waals surface area contributed by atoms with Gasteiger partial charge in [-0.15, -0.1) is 0 Å². The van der Waals surface area contributed by atoms with Crippen molar-refractivity contribution in [2.75, 3.05) is 19.0 Å². The first kappa shape index (κ1) is 12.9. The van der Waals surface area contributed by atoms with Crippen molar-refractivity contribution in [3.05, 3.63) is 23.3 Å². The first-order chi connectivity index (χ1) is 8.61. The van der Waals surface area contributed by atoms with Gasteiger partial charge in [-0.1, -0.05) is 0 Å². The summed E-state index contributed by atoms with van der Waals surface area (Å²) in [4.78, 5) is 12.0. The molecule has 0 bridgehead atoms. The van der Waals surface area contributed by atoms with Crippen LogP contribution in [0.4, 0.5) is 5.69 Å². The summed E-state index contributed by atoms with van der Waals surface area (Å²) in [5, 5.41) is 6.13. The van der Waals surface area contributed by atoms with Gasteiger partial charge in [-0.25, -0.2) is 0 Å². The van der Waals surface area contributed by atoms with Crippen molar-refractivity contribution < 1.29 is 9.53 Å². The standard InChI is InChI=1S/C14H20N2O2/c1-9-7-12(13(18-3)8-10(9)2)16-14(17)11-5-4-6-15-11/h7-8,11,15H,4-6H2,1-3H3,(H,16,17). The molecular formula is C14H20N2O2. The summed E-state index contributed by atoms with van der Waals surface area (Å²) in [5.41, 5.74) is 3.05. The maximum Gasteiger partial charge on any atom is 0.241 e. The van der Waals surface area contributed by atoms with E-state index in [1.165, 1.54) is 0 Å². The number of hydrogen-bond donors (Lipinski definition) is 2. The van der Waals surface area contributed by atoms with E-state index in [0.717, 1.165) is 36.2 Å². The molecule has 1 saturated heterocycles. The number of amides is 1. The number of nitrogens with one attached hydrogen (secondary N) is 2. The number of anilines is 1. The monoisotopic (exact) mass is 248 g/mol. The van der Waals surface area contributed by atoms with Crippen molar-refractivity contribution in [1.82, 2.24) is 5.32 Å². The van der Waals surface area contributed by atoms with Gasteiger partial charge in [-0.3, -0.25) is 4.79 Å².